The van der Waals surface area contributed by atoms with Crippen molar-refractivity contribution >= 4 is 29.0 Å². The van der Waals surface area contributed by atoms with Gasteiger partial charge in [0.15, 0.2) is 11.0 Å². The van der Waals surface area contributed by atoms with Gasteiger partial charge < -0.3 is 9.88 Å². The number of aromatic nitrogens is 3. The van der Waals surface area contributed by atoms with Crippen LogP contribution in [0.15, 0.2) is 46.9 Å². The molecule has 3 rings (SSSR count). The molecule has 2 heterocycles. The Bertz CT molecular complexity index is 870. The highest BCUT2D eigenvalue weighted by atomic mass is 32.2. The molecule has 2 aromatic heterocycles. The number of carbonyl (C=O) groups excluding carboxylic acids is 1. The summed E-state index contributed by atoms with van der Waals surface area (Å²) in [6.07, 6.45) is 0.835. The Kier molecular flexibility index (Phi) is 6.68. The van der Waals surface area contributed by atoms with E-state index in [1.165, 1.54) is 22.9 Å². The van der Waals surface area contributed by atoms with Gasteiger partial charge in [-0.3, -0.25) is 4.79 Å². The third-order valence-electron chi connectivity index (χ3n) is 4.29. The van der Waals surface area contributed by atoms with E-state index in [4.69, 9.17) is 0 Å². The number of nitrogens with zero attached hydrogens (tertiary/aromatic N) is 3. The zero-order valence-corrected chi connectivity index (χ0v) is 17.4. The van der Waals surface area contributed by atoms with Crippen LogP contribution in [0.5, 0.6) is 0 Å². The van der Waals surface area contributed by atoms with Crippen LogP contribution in [0, 0.1) is 0 Å². The summed E-state index contributed by atoms with van der Waals surface area (Å²) in [6, 6.07) is 12.6. The van der Waals surface area contributed by atoms with Gasteiger partial charge in [-0.25, -0.2) is 0 Å². The first-order valence-corrected chi connectivity index (χ1v) is 10.8. The molecule has 0 aliphatic heterocycles. The zero-order valence-electron chi connectivity index (χ0n) is 15.8. The van der Waals surface area contributed by atoms with Crippen LogP contribution in [0.25, 0.3) is 10.7 Å². The van der Waals surface area contributed by atoms with Crippen LogP contribution >= 0.6 is 23.1 Å². The number of benzene rings is 1. The molecule has 1 aromatic carbocycles. The van der Waals surface area contributed by atoms with E-state index in [9.17, 15) is 4.79 Å². The topological polar surface area (TPSA) is 59.8 Å². The molecule has 5 nitrogen and oxygen atoms in total. The Morgan fingerprint density at radius 2 is 2.00 bits per heavy atom. The third-order valence-corrected chi connectivity index (χ3v) is 6.18. The number of amides is 1. The number of nitrogens with one attached hydrogen (secondary N) is 1. The minimum absolute atomic E-state index is 0.0134. The molecule has 0 spiro atoms. The highest BCUT2D eigenvalue weighted by molar-refractivity contribution is 7.99. The van der Waals surface area contributed by atoms with Crippen LogP contribution in [-0.2, 0) is 18.3 Å². The highest BCUT2D eigenvalue weighted by Gasteiger charge is 2.13. The first kappa shape index (κ1) is 19.6. The Morgan fingerprint density at radius 3 is 2.67 bits per heavy atom. The molecule has 142 valence electrons. The number of rotatable bonds is 8. The monoisotopic (exact) mass is 400 g/mol. The predicted octanol–water partition coefficient (Wildman–Crippen LogP) is 4.12. The number of hydrogen-bond donors (Lipinski definition) is 1. The molecule has 0 aliphatic rings. The number of hydrogen-bond acceptors (Lipinski definition) is 5. The van der Waals surface area contributed by atoms with Crippen molar-refractivity contribution in [3.8, 4) is 10.7 Å². The lowest BCUT2D eigenvalue weighted by molar-refractivity contribution is -0.118. The molecular formula is C20H24N4OS2. The van der Waals surface area contributed by atoms with Crippen LogP contribution in [0.2, 0.25) is 0 Å². The zero-order chi connectivity index (χ0) is 19.2. The molecule has 0 fully saturated rings. The molecule has 0 aliphatic carbocycles. The molecule has 0 atom stereocenters. The second kappa shape index (κ2) is 9.19. The van der Waals surface area contributed by atoms with Crippen molar-refractivity contribution in [2.45, 2.75) is 31.3 Å². The summed E-state index contributed by atoms with van der Waals surface area (Å²) < 4.78 is 1.93. The maximum atomic E-state index is 12.1. The maximum absolute atomic E-state index is 12.1. The van der Waals surface area contributed by atoms with Gasteiger partial charge >= 0.3 is 0 Å². The van der Waals surface area contributed by atoms with Crippen LogP contribution in [-0.4, -0.2) is 33.0 Å². The number of thiophene rings is 1. The van der Waals surface area contributed by atoms with E-state index < -0.39 is 0 Å². The standard InChI is InChI=1S/C20H24N4OS2/c1-14(2)16-8-6-15(7-9-16)10-11-21-18(25)13-27-20-23-22-19(24(20)3)17-5-4-12-26-17/h4-9,12,14H,10-11,13H2,1-3H3,(H,21,25). The van der Waals surface area contributed by atoms with E-state index >= 15 is 0 Å². The summed E-state index contributed by atoms with van der Waals surface area (Å²) in [5.74, 6) is 1.72. The lowest BCUT2D eigenvalue weighted by Gasteiger charge is -2.08. The van der Waals surface area contributed by atoms with Gasteiger partial charge in [0.1, 0.15) is 0 Å². The van der Waals surface area contributed by atoms with Crippen molar-refractivity contribution in [2.24, 2.45) is 7.05 Å². The average Bonchev–Trinajstić information content (AvgIpc) is 3.30. The van der Waals surface area contributed by atoms with Crippen LogP contribution < -0.4 is 5.32 Å². The fraction of sp³-hybridized carbons (Fsp3) is 0.350. The molecule has 27 heavy (non-hydrogen) atoms. The quantitative estimate of drug-likeness (QED) is 0.578. The summed E-state index contributed by atoms with van der Waals surface area (Å²) >= 11 is 3.03. The van der Waals surface area contributed by atoms with Gasteiger partial charge in [-0.1, -0.05) is 55.9 Å². The van der Waals surface area contributed by atoms with Gasteiger partial charge in [0.25, 0.3) is 0 Å². The summed E-state index contributed by atoms with van der Waals surface area (Å²) in [5.41, 5.74) is 2.58. The average molecular weight is 401 g/mol. The Balaban J connectivity index is 1.44. The van der Waals surface area contributed by atoms with Gasteiger partial charge in [0, 0.05) is 13.6 Å². The van der Waals surface area contributed by atoms with E-state index in [2.05, 4.69) is 53.6 Å². The fourth-order valence-electron chi connectivity index (χ4n) is 2.66. The molecule has 0 bridgehead atoms. The smallest absolute Gasteiger partial charge is 0.230 e. The van der Waals surface area contributed by atoms with Crippen molar-refractivity contribution in [1.29, 1.82) is 0 Å². The highest BCUT2D eigenvalue weighted by Crippen LogP contribution is 2.25. The van der Waals surface area contributed by atoms with E-state index in [1.54, 1.807) is 11.3 Å². The third kappa shape index (κ3) is 5.20. The summed E-state index contributed by atoms with van der Waals surface area (Å²) in [5, 5.41) is 14.2. The molecule has 1 amide bonds. The Labute approximate surface area is 168 Å². The van der Waals surface area contributed by atoms with Crippen molar-refractivity contribution < 1.29 is 4.79 Å². The maximum Gasteiger partial charge on any atom is 0.230 e. The molecule has 3 aromatic rings. The first-order chi connectivity index (χ1) is 13.0. The van der Waals surface area contributed by atoms with Crippen LogP contribution in [0.4, 0.5) is 0 Å². The number of thioether (sulfide) groups is 1. The van der Waals surface area contributed by atoms with Crippen LogP contribution in [0.3, 0.4) is 0 Å². The lowest BCUT2D eigenvalue weighted by atomic mass is 10.0. The van der Waals surface area contributed by atoms with E-state index in [1.807, 2.05) is 29.1 Å². The van der Waals surface area contributed by atoms with Gasteiger partial charge in [-0.05, 0) is 34.9 Å². The molecule has 0 saturated heterocycles. The summed E-state index contributed by atoms with van der Waals surface area (Å²) in [7, 11) is 1.93. The molecular weight excluding hydrogens is 376 g/mol. The summed E-state index contributed by atoms with van der Waals surface area (Å²) in [4.78, 5) is 13.2. The van der Waals surface area contributed by atoms with E-state index in [-0.39, 0.29) is 5.91 Å². The van der Waals surface area contributed by atoms with Gasteiger partial charge in [0.2, 0.25) is 5.91 Å². The van der Waals surface area contributed by atoms with Crippen molar-refractivity contribution in [2.75, 3.05) is 12.3 Å². The second-order valence-corrected chi connectivity index (χ2v) is 8.52. The summed E-state index contributed by atoms with van der Waals surface area (Å²) in [6.45, 7) is 5.01. The SMILES string of the molecule is CC(C)c1ccc(CCNC(=O)CSc2nnc(-c3cccs3)n2C)cc1. The van der Waals surface area contributed by atoms with Crippen LogP contribution in [0.1, 0.15) is 30.9 Å². The van der Waals surface area contributed by atoms with E-state index in [0.717, 1.165) is 22.3 Å². The normalized spacial score (nSPS) is 11.1. The van der Waals surface area contributed by atoms with Gasteiger partial charge in [-0.2, -0.15) is 0 Å². The molecule has 0 radical (unpaired) electrons. The van der Waals surface area contributed by atoms with Crippen molar-refractivity contribution in [3.05, 3.63) is 52.9 Å². The predicted molar refractivity (Wildman–Crippen MR) is 112 cm³/mol. The van der Waals surface area contributed by atoms with E-state index in [0.29, 0.717) is 18.2 Å². The largest absolute Gasteiger partial charge is 0.355 e. The Hall–Kier alpha value is -2.12. The fourth-order valence-corrected chi connectivity index (χ4v) is 4.14. The van der Waals surface area contributed by atoms with Gasteiger partial charge in [-0.15, -0.1) is 21.5 Å². The minimum atomic E-state index is 0.0134. The van der Waals surface area contributed by atoms with Crippen molar-refractivity contribution in [1.82, 2.24) is 20.1 Å². The number of carbonyl (C=O) groups is 1. The molecule has 7 heteroatoms. The minimum Gasteiger partial charge on any atom is -0.355 e. The molecule has 0 unspecified atom stereocenters. The first-order valence-electron chi connectivity index (χ1n) is 8.96. The lowest BCUT2D eigenvalue weighted by Crippen LogP contribution is -2.27. The molecule has 1 N–H and O–H groups in total. The van der Waals surface area contributed by atoms with Gasteiger partial charge in [0.05, 0.1) is 10.6 Å². The second-order valence-electron chi connectivity index (χ2n) is 6.63. The Morgan fingerprint density at radius 1 is 1.22 bits per heavy atom. The van der Waals surface area contributed by atoms with Crippen molar-refractivity contribution in [3.63, 3.8) is 0 Å². The molecule has 0 saturated carbocycles.